The van der Waals surface area contributed by atoms with E-state index < -0.39 is 29.0 Å². The number of carbonyl (C=O) groups is 2. The molecule has 120 valence electrons. The molecule has 8 heteroatoms. The predicted octanol–water partition coefficient (Wildman–Crippen LogP) is 0.526. The second-order valence-corrected chi connectivity index (χ2v) is 5.18. The van der Waals surface area contributed by atoms with Gasteiger partial charge in [0.05, 0.1) is 23.3 Å². The molecule has 1 aliphatic rings. The number of anilines is 1. The Labute approximate surface area is 130 Å². The number of H-pyrrole nitrogens is 1. The van der Waals surface area contributed by atoms with Crippen LogP contribution in [0.25, 0.3) is 11.0 Å². The molecule has 0 aliphatic carbocycles. The molecule has 0 saturated carbocycles. The third-order valence-corrected chi connectivity index (χ3v) is 3.74. The first-order valence-electron chi connectivity index (χ1n) is 7.27. The lowest BCUT2D eigenvalue weighted by molar-refractivity contribution is -0.143. The zero-order valence-electron chi connectivity index (χ0n) is 12.4. The Balaban J connectivity index is 2.10. The Kier molecular flexibility index (Phi) is 3.73. The first-order chi connectivity index (χ1) is 11.0. The highest BCUT2D eigenvalue weighted by Crippen LogP contribution is 2.29. The molecule has 1 atom stereocenters. The van der Waals surface area contributed by atoms with E-state index in [-0.39, 0.29) is 19.4 Å². The second kappa shape index (κ2) is 5.71. The van der Waals surface area contributed by atoms with Gasteiger partial charge in [-0.05, 0) is 25.5 Å². The molecule has 0 radical (unpaired) electrons. The third-order valence-electron chi connectivity index (χ3n) is 3.74. The highest BCUT2D eigenvalue weighted by atomic mass is 16.5. The van der Waals surface area contributed by atoms with Crippen molar-refractivity contribution in [1.82, 2.24) is 9.55 Å². The van der Waals surface area contributed by atoms with Crippen LogP contribution in [0.15, 0.2) is 27.8 Å². The van der Waals surface area contributed by atoms with Crippen LogP contribution < -0.4 is 16.4 Å². The minimum absolute atomic E-state index is 0.0190. The summed E-state index contributed by atoms with van der Waals surface area (Å²) in [6.07, 6.45) is 0.0618. The fourth-order valence-electron chi connectivity index (χ4n) is 2.77. The predicted molar refractivity (Wildman–Crippen MR) is 82.4 cm³/mol. The fourth-order valence-corrected chi connectivity index (χ4v) is 2.77. The zero-order chi connectivity index (χ0) is 16.6. The summed E-state index contributed by atoms with van der Waals surface area (Å²) in [5, 5.41) is 2.70. The molecule has 1 unspecified atom stereocenters. The second-order valence-electron chi connectivity index (χ2n) is 5.18. The van der Waals surface area contributed by atoms with Crippen LogP contribution in [0.4, 0.5) is 5.69 Å². The number of hydrogen-bond donors (Lipinski definition) is 2. The summed E-state index contributed by atoms with van der Waals surface area (Å²) in [7, 11) is 0. The SMILES string of the molecule is CCOC(=O)CCC1C(=O)Nc2cccc3[nH]c(=O)c(=O)n1c23. The number of aromatic nitrogens is 2. The monoisotopic (exact) mass is 317 g/mol. The standard InChI is InChI=1S/C15H15N3O5/c1-2-23-11(19)7-6-10-13(20)16-8-4-3-5-9-12(8)18(10)15(22)14(21)17-9/h3-5,10H,2,6-7H2,1H3,(H,16,20)(H,17,21). The van der Waals surface area contributed by atoms with Crippen LogP contribution in [-0.4, -0.2) is 28.0 Å². The highest BCUT2D eigenvalue weighted by molar-refractivity contribution is 6.04. The van der Waals surface area contributed by atoms with Crippen LogP contribution in [0.5, 0.6) is 0 Å². The molecular formula is C15H15N3O5. The van der Waals surface area contributed by atoms with Gasteiger partial charge in [-0.15, -0.1) is 0 Å². The summed E-state index contributed by atoms with van der Waals surface area (Å²) >= 11 is 0. The molecule has 0 fully saturated rings. The molecular weight excluding hydrogens is 302 g/mol. The Morgan fingerprint density at radius 1 is 1.30 bits per heavy atom. The molecule has 8 nitrogen and oxygen atoms in total. The van der Waals surface area contributed by atoms with Crippen LogP contribution in [0.1, 0.15) is 25.8 Å². The summed E-state index contributed by atoms with van der Waals surface area (Å²) in [5.74, 6) is -0.879. The smallest absolute Gasteiger partial charge is 0.317 e. The number of para-hydroxylation sites is 1. The molecule has 2 aromatic rings. The summed E-state index contributed by atoms with van der Waals surface area (Å²) in [5.41, 5.74) is -0.258. The molecule has 0 bridgehead atoms. The highest BCUT2D eigenvalue weighted by Gasteiger charge is 2.30. The largest absolute Gasteiger partial charge is 0.466 e. The first kappa shape index (κ1) is 15.0. The Bertz CT molecular complexity index is 911. The number of hydrogen-bond acceptors (Lipinski definition) is 5. The van der Waals surface area contributed by atoms with Crippen molar-refractivity contribution in [3.63, 3.8) is 0 Å². The number of ether oxygens (including phenoxy) is 1. The van der Waals surface area contributed by atoms with E-state index in [2.05, 4.69) is 10.3 Å². The molecule has 0 spiro atoms. The van der Waals surface area contributed by atoms with Crippen molar-refractivity contribution in [3.8, 4) is 0 Å². The minimum Gasteiger partial charge on any atom is -0.466 e. The Hall–Kier alpha value is -2.90. The van der Waals surface area contributed by atoms with Crippen LogP contribution >= 0.6 is 0 Å². The molecule has 0 saturated heterocycles. The van der Waals surface area contributed by atoms with E-state index in [0.29, 0.717) is 16.7 Å². The fraction of sp³-hybridized carbons (Fsp3) is 0.333. The van der Waals surface area contributed by atoms with Crippen LogP contribution in [0.3, 0.4) is 0 Å². The average Bonchev–Trinajstić information content (AvgIpc) is 2.51. The van der Waals surface area contributed by atoms with Gasteiger partial charge in [0.2, 0.25) is 5.91 Å². The van der Waals surface area contributed by atoms with Gasteiger partial charge in [0.25, 0.3) is 0 Å². The van der Waals surface area contributed by atoms with Crippen molar-refractivity contribution in [1.29, 1.82) is 0 Å². The van der Waals surface area contributed by atoms with Gasteiger partial charge in [-0.2, -0.15) is 0 Å². The maximum Gasteiger partial charge on any atom is 0.317 e. The number of aromatic amines is 1. The molecule has 1 amide bonds. The van der Waals surface area contributed by atoms with E-state index in [1.807, 2.05) is 0 Å². The number of nitrogens with one attached hydrogen (secondary N) is 2. The van der Waals surface area contributed by atoms with E-state index in [1.165, 1.54) is 4.57 Å². The van der Waals surface area contributed by atoms with Crippen molar-refractivity contribution < 1.29 is 14.3 Å². The number of benzene rings is 1. The van der Waals surface area contributed by atoms with Gasteiger partial charge in [-0.3, -0.25) is 23.7 Å². The van der Waals surface area contributed by atoms with Gasteiger partial charge in [0.1, 0.15) is 6.04 Å². The van der Waals surface area contributed by atoms with E-state index >= 15 is 0 Å². The van der Waals surface area contributed by atoms with Crippen molar-refractivity contribution in [2.75, 3.05) is 11.9 Å². The Morgan fingerprint density at radius 2 is 2.09 bits per heavy atom. The summed E-state index contributed by atoms with van der Waals surface area (Å²) in [4.78, 5) is 50.4. The summed E-state index contributed by atoms with van der Waals surface area (Å²) < 4.78 is 6.01. The van der Waals surface area contributed by atoms with Crippen molar-refractivity contribution in [3.05, 3.63) is 38.9 Å². The van der Waals surface area contributed by atoms with Crippen molar-refractivity contribution in [2.45, 2.75) is 25.8 Å². The van der Waals surface area contributed by atoms with Crippen LogP contribution in [0.2, 0.25) is 0 Å². The van der Waals surface area contributed by atoms with Gasteiger partial charge in [-0.25, -0.2) is 0 Å². The van der Waals surface area contributed by atoms with Crippen molar-refractivity contribution >= 4 is 28.6 Å². The lowest BCUT2D eigenvalue weighted by atomic mass is 10.1. The quantitative estimate of drug-likeness (QED) is 0.631. The van der Waals surface area contributed by atoms with Gasteiger partial charge >= 0.3 is 17.1 Å². The van der Waals surface area contributed by atoms with Gasteiger partial charge in [0, 0.05) is 6.42 Å². The normalized spacial score (nSPS) is 16.2. The zero-order valence-corrected chi connectivity index (χ0v) is 12.4. The van der Waals surface area contributed by atoms with Gasteiger partial charge in [0.15, 0.2) is 0 Å². The first-order valence-corrected chi connectivity index (χ1v) is 7.27. The molecule has 2 heterocycles. The van der Waals surface area contributed by atoms with Crippen LogP contribution in [-0.2, 0) is 14.3 Å². The van der Waals surface area contributed by atoms with E-state index in [4.69, 9.17) is 4.74 Å². The molecule has 1 aromatic carbocycles. The summed E-state index contributed by atoms with van der Waals surface area (Å²) in [6, 6.07) is 4.04. The molecule has 1 aliphatic heterocycles. The van der Waals surface area contributed by atoms with E-state index in [1.54, 1.807) is 25.1 Å². The number of esters is 1. The summed E-state index contributed by atoms with van der Waals surface area (Å²) in [6.45, 7) is 1.93. The Morgan fingerprint density at radius 3 is 2.83 bits per heavy atom. The van der Waals surface area contributed by atoms with E-state index in [0.717, 1.165) is 0 Å². The minimum atomic E-state index is -0.924. The molecule has 2 N–H and O–H groups in total. The van der Waals surface area contributed by atoms with E-state index in [9.17, 15) is 19.2 Å². The maximum atomic E-state index is 12.3. The number of amides is 1. The number of nitrogens with zero attached hydrogens (tertiary/aromatic N) is 1. The average molecular weight is 317 g/mol. The molecule has 23 heavy (non-hydrogen) atoms. The topological polar surface area (TPSA) is 110 Å². The van der Waals surface area contributed by atoms with Crippen LogP contribution in [0, 0.1) is 0 Å². The lowest BCUT2D eigenvalue weighted by Crippen LogP contribution is -2.44. The van der Waals surface area contributed by atoms with Crippen molar-refractivity contribution in [2.24, 2.45) is 0 Å². The molecule has 1 aromatic heterocycles. The maximum absolute atomic E-state index is 12.3. The molecule has 3 rings (SSSR count). The van der Waals surface area contributed by atoms with Gasteiger partial charge in [-0.1, -0.05) is 6.07 Å². The number of carbonyl (C=O) groups excluding carboxylic acids is 2. The lowest BCUT2D eigenvalue weighted by Gasteiger charge is -2.26. The third kappa shape index (κ3) is 2.52. The number of rotatable bonds is 4. The van der Waals surface area contributed by atoms with Gasteiger partial charge < -0.3 is 15.0 Å².